The van der Waals surface area contributed by atoms with Crippen LogP contribution in [0.15, 0.2) is 24.3 Å². The number of methoxy groups -OCH3 is 1. The zero-order chi connectivity index (χ0) is 13.5. The Morgan fingerprint density at radius 3 is 3.05 bits per heavy atom. The van der Waals surface area contributed by atoms with Gasteiger partial charge in [-0.3, -0.25) is 0 Å². The molecule has 2 atom stereocenters. The third-order valence-corrected chi connectivity index (χ3v) is 5.18. The van der Waals surface area contributed by atoms with Gasteiger partial charge in [0.05, 0.1) is 7.11 Å². The van der Waals surface area contributed by atoms with Crippen molar-refractivity contribution in [1.29, 1.82) is 0 Å². The van der Waals surface area contributed by atoms with E-state index in [0.717, 1.165) is 24.0 Å². The molecule has 1 fully saturated rings. The maximum atomic E-state index is 5.32. The standard InChI is InChI=1S/C16H25NOS/c1-3-9-17-15(16-8-5-10-19-16)12-13-6-4-7-14(11-13)18-2/h4,6-7,11,15-17H,3,5,8-10,12H2,1-2H3. The number of benzene rings is 1. The van der Waals surface area contributed by atoms with E-state index in [2.05, 4.69) is 42.2 Å². The van der Waals surface area contributed by atoms with Crippen LogP contribution in [0.2, 0.25) is 0 Å². The molecule has 106 valence electrons. The van der Waals surface area contributed by atoms with Gasteiger partial charge in [-0.25, -0.2) is 0 Å². The zero-order valence-corrected chi connectivity index (χ0v) is 12.8. The lowest BCUT2D eigenvalue weighted by atomic mass is 10.0. The molecule has 2 nitrogen and oxygen atoms in total. The van der Waals surface area contributed by atoms with E-state index in [9.17, 15) is 0 Å². The van der Waals surface area contributed by atoms with Crippen molar-refractivity contribution in [2.75, 3.05) is 19.4 Å². The van der Waals surface area contributed by atoms with Gasteiger partial charge in [0.2, 0.25) is 0 Å². The Balaban J connectivity index is 2.00. The summed E-state index contributed by atoms with van der Waals surface area (Å²) in [7, 11) is 1.73. The van der Waals surface area contributed by atoms with E-state index >= 15 is 0 Å². The summed E-state index contributed by atoms with van der Waals surface area (Å²) in [4.78, 5) is 0. The number of ether oxygens (including phenoxy) is 1. The van der Waals surface area contributed by atoms with Crippen molar-refractivity contribution in [3.8, 4) is 5.75 Å². The van der Waals surface area contributed by atoms with Gasteiger partial charge in [0.1, 0.15) is 5.75 Å². The molecule has 2 unspecified atom stereocenters. The second kappa shape index (κ2) is 7.81. The van der Waals surface area contributed by atoms with E-state index in [-0.39, 0.29) is 0 Å². The minimum absolute atomic E-state index is 0.597. The van der Waals surface area contributed by atoms with Crippen LogP contribution >= 0.6 is 11.8 Å². The Morgan fingerprint density at radius 2 is 2.37 bits per heavy atom. The minimum atomic E-state index is 0.597. The Bertz CT molecular complexity index is 377. The highest BCUT2D eigenvalue weighted by molar-refractivity contribution is 8.00. The van der Waals surface area contributed by atoms with Crippen LogP contribution in [0.25, 0.3) is 0 Å². The number of nitrogens with one attached hydrogen (secondary N) is 1. The topological polar surface area (TPSA) is 21.3 Å². The molecule has 0 bridgehead atoms. The predicted octanol–water partition coefficient (Wildman–Crippen LogP) is 3.50. The lowest BCUT2D eigenvalue weighted by molar-refractivity contribution is 0.413. The predicted molar refractivity (Wildman–Crippen MR) is 84.3 cm³/mol. The summed E-state index contributed by atoms with van der Waals surface area (Å²) in [5, 5.41) is 4.51. The highest BCUT2D eigenvalue weighted by Crippen LogP contribution is 2.30. The summed E-state index contributed by atoms with van der Waals surface area (Å²) in [6.07, 6.45) is 5.04. The van der Waals surface area contributed by atoms with Crippen molar-refractivity contribution in [1.82, 2.24) is 5.32 Å². The van der Waals surface area contributed by atoms with Crippen molar-refractivity contribution in [3.05, 3.63) is 29.8 Å². The first kappa shape index (κ1) is 14.7. The van der Waals surface area contributed by atoms with Crippen molar-refractivity contribution in [3.63, 3.8) is 0 Å². The maximum Gasteiger partial charge on any atom is 0.119 e. The number of hydrogen-bond donors (Lipinski definition) is 1. The van der Waals surface area contributed by atoms with Gasteiger partial charge in [0, 0.05) is 11.3 Å². The number of hydrogen-bond acceptors (Lipinski definition) is 3. The average Bonchev–Trinajstić information content (AvgIpc) is 2.97. The lowest BCUT2D eigenvalue weighted by Gasteiger charge is -2.24. The normalized spacial score (nSPS) is 20.4. The molecule has 19 heavy (non-hydrogen) atoms. The maximum absolute atomic E-state index is 5.32. The molecule has 0 aliphatic carbocycles. The first-order valence-electron chi connectivity index (χ1n) is 7.31. The molecule has 3 heteroatoms. The van der Waals surface area contributed by atoms with Gasteiger partial charge in [-0.2, -0.15) is 11.8 Å². The van der Waals surface area contributed by atoms with E-state index in [1.807, 2.05) is 6.07 Å². The van der Waals surface area contributed by atoms with Gasteiger partial charge >= 0.3 is 0 Å². The van der Waals surface area contributed by atoms with E-state index < -0.39 is 0 Å². The SMILES string of the molecule is CCCNC(Cc1cccc(OC)c1)C1CCCS1. The van der Waals surface area contributed by atoms with E-state index in [0.29, 0.717) is 6.04 Å². The van der Waals surface area contributed by atoms with Crippen LogP contribution in [0.3, 0.4) is 0 Å². The molecule has 1 aliphatic heterocycles. The largest absolute Gasteiger partial charge is 0.497 e. The van der Waals surface area contributed by atoms with Crippen LogP contribution in [-0.4, -0.2) is 30.7 Å². The summed E-state index contributed by atoms with van der Waals surface area (Å²) in [6.45, 7) is 3.35. The fourth-order valence-corrected chi connectivity index (χ4v) is 4.03. The first-order chi connectivity index (χ1) is 9.33. The monoisotopic (exact) mass is 279 g/mol. The fourth-order valence-electron chi connectivity index (χ4n) is 2.64. The Morgan fingerprint density at radius 1 is 1.47 bits per heavy atom. The molecule has 1 aliphatic rings. The average molecular weight is 279 g/mol. The molecule has 1 N–H and O–H groups in total. The molecular formula is C16H25NOS. The van der Waals surface area contributed by atoms with Gasteiger partial charge in [0.25, 0.3) is 0 Å². The van der Waals surface area contributed by atoms with Gasteiger partial charge < -0.3 is 10.1 Å². The van der Waals surface area contributed by atoms with E-state index in [4.69, 9.17) is 4.74 Å². The van der Waals surface area contributed by atoms with Crippen LogP contribution in [0.4, 0.5) is 0 Å². The smallest absolute Gasteiger partial charge is 0.119 e. The van der Waals surface area contributed by atoms with Gasteiger partial charge in [-0.1, -0.05) is 19.1 Å². The molecule has 2 rings (SSSR count). The van der Waals surface area contributed by atoms with Crippen LogP contribution in [0, 0.1) is 0 Å². The molecule has 1 aromatic rings. The highest BCUT2D eigenvalue weighted by atomic mass is 32.2. The zero-order valence-electron chi connectivity index (χ0n) is 12.0. The highest BCUT2D eigenvalue weighted by Gasteiger charge is 2.25. The van der Waals surface area contributed by atoms with Crippen LogP contribution in [-0.2, 0) is 6.42 Å². The summed E-state index contributed by atoms with van der Waals surface area (Å²) in [6, 6.07) is 9.08. The van der Waals surface area contributed by atoms with Gasteiger partial charge in [-0.05, 0) is 55.7 Å². The van der Waals surface area contributed by atoms with Gasteiger partial charge in [-0.15, -0.1) is 0 Å². The van der Waals surface area contributed by atoms with Crippen molar-refractivity contribution < 1.29 is 4.74 Å². The van der Waals surface area contributed by atoms with Crippen molar-refractivity contribution >= 4 is 11.8 Å². The Kier molecular flexibility index (Phi) is 6.05. The molecule has 1 aromatic carbocycles. The molecular weight excluding hydrogens is 254 g/mol. The molecule has 1 heterocycles. The van der Waals surface area contributed by atoms with Crippen molar-refractivity contribution in [2.45, 2.75) is 43.9 Å². The Labute approximate surface area is 121 Å². The summed E-state index contributed by atoms with van der Waals surface area (Å²) >= 11 is 2.14. The van der Waals surface area contributed by atoms with Gasteiger partial charge in [0.15, 0.2) is 0 Å². The second-order valence-corrected chi connectivity index (χ2v) is 6.51. The second-order valence-electron chi connectivity index (χ2n) is 5.17. The molecule has 0 saturated carbocycles. The molecule has 0 amide bonds. The molecule has 0 spiro atoms. The third kappa shape index (κ3) is 4.43. The van der Waals surface area contributed by atoms with Crippen LogP contribution in [0.5, 0.6) is 5.75 Å². The quantitative estimate of drug-likeness (QED) is 0.825. The molecule has 0 radical (unpaired) electrons. The van der Waals surface area contributed by atoms with Crippen LogP contribution in [0.1, 0.15) is 31.7 Å². The molecule has 0 aromatic heterocycles. The van der Waals surface area contributed by atoms with E-state index in [1.54, 1.807) is 7.11 Å². The lowest BCUT2D eigenvalue weighted by Crippen LogP contribution is -2.39. The Hall–Kier alpha value is -0.670. The third-order valence-electron chi connectivity index (χ3n) is 3.66. The number of rotatable bonds is 7. The summed E-state index contributed by atoms with van der Waals surface area (Å²) in [5.41, 5.74) is 1.38. The summed E-state index contributed by atoms with van der Waals surface area (Å²) < 4.78 is 5.32. The summed E-state index contributed by atoms with van der Waals surface area (Å²) in [5.74, 6) is 2.29. The number of thioether (sulfide) groups is 1. The first-order valence-corrected chi connectivity index (χ1v) is 8.36. The minimum Gasteiger partial charge on any atom is -0.497 e. The van der Waals surface area contributed by atoms with Crippen LogP contribution < -0.4 is 10.1 Å². The van der Waals surface area contributed by atoms with Crippen molar-refractivity contribution in [2.24, 2.45) is 0 Å². The fraction of sp³-hybridized carbons (Fsp3) is 0.625. The molecule has 1 saturated heterocycles. The van der Waals surface area contributed by atoms with E-state index in [1.165, 1.54) is 30.6 Å².